The number of carbonyl (C=O) groups is 1. The van der Waals surface area contributed by atoms with E-state index in [0.29, 0.717) is 17.2 Å². The predicted octanol–water partition coefficient (Wildman–Crippen LogP) is 4.70. The van der Waals surface area contributed by atoms with Crippen LogP contribution in [0.1, 0.15) is 76.3 Å². The van der Waals surface area contributed by atoms with E-state index in [0.717, 1.165) is 22.3 Å². The van der Waals surface area contributed by atoms with Crippen molar-refractivity contribution in [2.45, 2.75) is 70.9 Å². The summed E-state index contributed by atoms with van der Waals surface area (Å²) in [4.78, 5) is 12.6. The van der Waals surface area contributed by atoms with Crippen molar-refractivity contribution in [1.82, 2.24) is 16.3 Å². The molecule has 0 radical (unpaired) electrons. The molecule has 1 amide bonds. The Morgan fingerprint density at radius 3 is 2.25 bits per heavy atom. The number of phenolic OH excluding ortho intramolecular Hbond substituents is 1. The van der Waals surface area contributed by atoms with Crippen LogP contribution in [-0.2, 0) is 15.6 Å². The molecule has 1 aliphatic rings. The number of amides is 1. The van der Waals surface area contributed by atoms with Crippen molar-refractivity contribution in [1.29, 1.82) is 0 Å². The molecule has 0 bridgehead atoms. The summed E-state index contributed by atoms with van der Waals surface area (Å²) in [5.74, 6) is 0.0900. The summed E-state index contributed by atoms with van der Waals surface area (Å²) in [6.07, 6.45) is 2.18. The first-order chi connectivity index (χ1) is 14.9. The Morgan fingerprint density at radius 2 is 1.69 bits per heavy atom. The normalized spacial score (nSPS) is 19.5. The molecule has 6 nitrogen and oxygen atoms in total. The molecule has 0 saturated carbocycles. The summed E-state index contributed by atoms with van der Waals surface area (Å²) in [6, 6.07) is 11.0. The van der Waals surface area contributed by atoms with E-state index in [2.05, 4.69) is 62.9 Å². The highest BCUT2D eigenvalue weighted by Gasteiger charge is 2.31. The highest BCUT2D eigenvalue weighted by atomic mass is 35.5. The SMILES string of the molecule is CC(C)(C)c1cc(/C=N/NC(=O)C2CC(c3ccccc3Cl)NN2)cc(C(C)(C)C)c1O. The molecule has 2 aromatic carbocycles. The lowest BCUT2D eigenvalue weighted by Crippen LogP contribution is -2.41. The van der Waals surface area contributed by atoms with E-state index in [4.69, 9.17) is 11.6 Å². The van der Waals surface area contributed by atoms with E-state index in [1.807, 2.05) is 36.4 Å². The number of phenols is 1. The predicted molar refractivity (Wildman–Crippen MR) is 130 cm³/mol. The number of hydrazine groups is 1. The Hall–Kier alpha value is -2.41. The number of nitrogens with zero attached hydrogens (tertiary/aromatic N) is 1. The number of hydrogen-bond donors (Lipinski definition) is 4. The second-order valence-electron chi connectivity index (χ2n) is 10.3. The minimum absolute atomic E-state index is 0.0517. The fourth-order valence-electron chi connectivity index (χ4n) is 3.81. The Balaban J connectivity index is 1.72. The first-order valence-electron chi connectivity index (χ1n) is 10.8. The third kappa shape index (κ3) is 5.49. The van der Waals surface area contributed by atoms with Gasteiger partial charge in [-0.25, -0.2) is 16.3 Å². The maximum Gasteiger partial charge on any atom is 0.258 e. The van der Waals surface area contributed by atoms with Gasteiger partial charge in [-0.3, -0.25) is 4.79 Å². The van der Waals surface area contributed by atoms with Gasteiger partial charge in [-0.1, -0.05) is 71.3 Å². The fraction of sp³-hybridized carbons (Fsp3) is 0.440. The van der Waals surface area contributed by atoms with Gasteiger partial charge in [0, 0.05) is 22.2 Å². The van der Waals surface area contributed by atoms with Gasteiger partial charge in [0.1, 0.15) is 11.8 Å². The summed E-state index contributed by atoms with van der Waals surface area (Å²) in [6.45, 7) is 12.4. The molecule has 7 heteroatoms. The molecule has 2 atom stereocenters. The number of halogens is 1. The smallest absolute Gasteiger partial charge is 0.258 e. The summed E-state index contributed by atoms with van der Waals surface area (Å²) in [5, 5.41) is 15.7. The summed E-state index contributed by atoms with van der Waals surface area (Å²) in [5.41, 5.74) is 11.8. The van der Waals surface area contributed by atoms with Gasteiger partial charge in [0.15, 0.2) is 0 Å². The van der Waals surface area contributed by atoms with Crippen molar-refractivity contribution in [2.75, 3.05) is 0 Å². The van der Waals surface area contributed by atoms with Crippen molar-refractivity contribution in [3.8, 4) is 5.75 Å². The van der Waals surface area contributed by atoms with Crippen molar-refractivity contribution in [3.63, 3.8) is 0 Å². The van der Waals surface area contributed by atoms with Gasteiger partial charge in [0.05, 0.1) is 6.21 Å². The number of hydrazone groups is 1. The first-order valence-corrected chi connectivity index (χ1v) is 11.2. The van der Waals surface area contributed by atoms with Crippen molar-refractivity contribution in [2.24, 2.45) is 5.10 Å². The van der Waals surface area contributed by atoms with Crippen molar-refractivity contribution < 1.29 is 9.90 Å². The van der Waals surface area contributed by atoms with Crippen LogP contribution in [0.2, 0.25) is 5.02 Å². The van der Waals surface area contributed by atoms with Gasteiger partial charge in [0.25, 0.3) is 5.91 Å². The summed E-state index contributed by atoms with van der Waals surface area (Å²) >= 11 is 6.27. The molecule has 1 saturated heterocycles. The Bertz CT molecular complexity index is 986. The van der Waals surface area contributed by atoms with Crippen LogP contribution in [0.15, 0.2) is 41.5 Å². The van der Waals surface area contributed by atoms with Crippen LogP contribution in [0.3, 0.4) is 0 Å². The molecule has 1 aliphatic heterocycles. The van der Waals surface area contributed by atoms with E-state index in [1.165, 1.54) is 0 Å². The largest absolute Gasteiger partial charge is 0.507 e. The van der Waals surface area contributed by atoms with E-state index in [9.17, 15) is 9.90 Å². The zero-order valence-electron chi connectivity index (χ0n) is 19.6. The summed E-state index contributed by atoms with van der Waals surface area (Å²) < 4.78 is 0. The first kappa shape index (κ1) is 24.2. The minimum Gasteiger partial charge on any atom is -0.507 e. The number of aromatic hydroxyl groups is 1. The number of hydrogen-bond acceptors (Lipinski definition) is 5. The molecule has 172 valence electrons. The molecule has 0 spiro atoms. The molecule has 0 aromatic heterocycles. The molecule has 2 aromatic rings. The molecular weight excluding hydrogens is 424 g/mol. The Labute approximate surface area is 195 Å². The van der Waals surface area contributed by atoms with Gasteiger partial charge in [0.2, 0.25) is 0 Å². The molecule has 4 N–H and O–H groups in total. The molecule has 32 heavy (non-hydrogen) atoms. The third-order valence-electron chi connectivity index (χ3n) is 5.64. The maximum atomic E-state index is 12.6. The maximum absolute atomic E-state index is 12.6. The molecular formula is C25H33ClN4O2. The lowest BCUT2D eigenvalue weighted by molar-refractivity contribution is -0.122. The number of carbonyl (C=O) groups excluding carboxylic acids is 1. The Kier molecular flexibility index (Phi) is 6.98. The van der Waals surface area contributed by atoms with Crippen molar-refractivity contribution >= 4 is 23.7 Å². The Morgan fingerprint density at radius 1 is 1.09 bits per heavy atom. The second kappa shape index (κ2) is 9.22. The molecule has 1 fully saturated rings. The van der Waals surface area contributed by atoms with Gasteiger partial charge in [-0.15, -0.1) is 0 Å². The van der Waals surface area contributed by atoms with E-state index in [1.54, 1.807) is 6.21 Å². The second-order valence-corrected chi connectivity index (χ2v) is 10.8. The van der Waals surface area contributed by atoms with Crippen LogP contribution in [0, 0.1) is 0 Å². The van der Waals surface area contributed by atoms with Crippen LogP contribution in [0.25, 0.3) is 0 Å². The zero-order chi connectivity index (χ0) is 23.7. The molecule has 2 unspecified atom stereocenters. The van der Waals surface area contributed by atoms with Crippen LogP contribution < -0.4 is 16.3 Å². The number of nitrogens with one attached hydrogen (secondary N) is 3. The highest BCUT2D eigenvalue weighted by Crippen LogP contribution is 2.39. The van der Waals surface area contributed by atoms with Gasteiger partial charge >= 0.3 is 0 Å². The topological polar surface area (TPSA) is 85.8 Å². The lowest BCUT2D eigenvalue weighted by atomic mass is 9.78. The van der Waals surface area contributed by atoms with E-state index in [-0.39, 0.29) is 22.8 Å². The number of benzene rings is 2. The minimum atomic E-state index is -0.427. The monoisotopic (exact) mass is 456 g/mol. The van der Waals surface area contributed by atoms with E-state index >= 15 is 0 Å². The van der Waals surface area contributed by atoms with Crippen LogP contribution >= 0.6 is 11.6 Å². The average Bonchev–Trinajstić information content (AvgIpc) is 3.17. The highest BCUT2D eigenvalue weighted by molar-refractivity contribution is 6.31. The van der Waals surface area contributed by atoms with E-state index < -0.39 is 6.04 Å². The van der Waals surface area contributed by atoms with Gasteiger partial charge in [-0.05, 0) is 46.6 Å². The number of rotatable bonds is 4. The van der Waals surface area contributed by atoms with Crippen LogP contribution in [-0.4, -0.2) is 23.3 Å². The molecule has 1 heterocycles. The van der Waals surface area contributed by atoms with Gasteiger partial charge < -0.3 is 5.11 Å². The van der Waals surface area contributed by atoms with Crippen LogP contribution in [0.4, 0.5) is 0 Å². The fourth-order valence-corrected chi connectivity index (χ4v) is 4.08. The standard InChI is InChI=1S/C25H33ClN4O2/c1-24(2,3)17-11-15(12-18(22(17)31)25(4,5)6)14-27-30-23(32)21-13-20(28-29-21)16-9-7-8-10-19(16)26/h7-12,14,20-21,28-29,31H,13H2,1-6H3,(H,30,32)/b27-14+. The molecule has 3 rings (SSSR count). The van der Waals surface area contributed by atoms with Crippen LogP contribution in [0.5, 0.6) is 5.75 Å². The van der Waals surface area contributed by atoms with Gasteiger partial charge in [-0.2, -0.15) is 5.10 Å². The quantitative estimate of drug-likeness (QED) is 0.397. The van der Waals surface area contributed by atoms with Crippen molar-refractivity contribution in [3.05, 3.63) is 63.7 Å². The third-order valence-corrected chi connectivity index (χ3v) is 5.98. The lowest BCUT2D eigenvalue weighted by Gasteiger charge is -2.27. The molecule has 0 aliphatic carbocycles. The summed E-state index contributed by atoms with van der Waals surface area (Å²) in [7, 11) is 0. The zero-order valence-corrected chi connectivity index (χ0v) is 20.3. The average molecular weight is 457 g/mol.